The number of fused-ring (bicyclic) bond motifs is 1. The van der Waals surface area contributed by atoms with Crippen molar-refractivity contribution in [2.45, 2.75) is 33.2 Å². The highest BCUT2D eigenvalue weighted by Gasteiger charge is 2.24. The molecule has 1 atom stereocenters. The SMILES string of the molecule is CCC(Nc1nc(N)nc(C)c1/C=C/c1nn[nH]n1)c1cc2cccc(C)c2nc1N1CCN(C)CC1. The minimum absolute atomic E-state index is 0.0434. The highest BCUT2D eigenvalue weighted by molar-refractivity contribution is 5.85. The fourth-order valence-electron chi connectivity index (χ4n) is 4.76. The molecular weight excluding hydrogens is 466 g/mol. The molecule has 3 aromatic heterocycles. The number of aryl methyl sites for hydroxylation is 2. The maximum absolute atomic E-state index is 6.07. The van der Waals surface area contributed by atoms with E-state index < -0.39 is 0 Å². The van der Waals surface area contributed by atoms with Gasteiger partial charge in [0.2, 0.25) is 5.95 Å². The molecule has 1 aliphatic heterocycles. The number of rotatable bonds is 7. The predicted molar refractivity (Wildman–Crippen MR) is 147 cm³/mol. The number of pyridine rings is 1. The van der Waals surface area contributed by atoms with Crippen LogP contribution in [0.3, 0.4) is 0 Å². The molecule has 0 saturated carbocycles. The Balaban J connectivity index is 1.57. The number of para-hydroxylation sites is 1. The van der Waals surface area contributed by atoms with Crippen molar-refractivity contribution < 1.29 is 0 Å². The number of H-pyrrole nitrogens is 1. The number of likely N-dealkylation sites (N-methyl/N-ethyl adjacent to an activating group) is 1. The van der Waals surface area contributed by atoms with E-state index in [4.69, 9.17) is 10.7 Å². The first-order chi connectivity index (χ1) is 17.9. The molecule has 11 nitrogen and oxygen atoms in total. The van der Waals surface area contributed by atoms with Crippen LogP contribution in [-0.4, -0.2) is 73.7 Å². The lowest BCUT2D eigenvalue weighted by Crippen LogP contribution is -2.45. The average Bonchev–Trinajstić information content (AvgIpc) is 3.40. The molecule has 0 radical (unpaired) electrons. The molecule has 0 aliphatic carbocycles. The number of nitrogens with one attached hydrogen (secondary N) is 2. The van der Waals surface area contributed by atoms with Crippen molar-refractivity contribution >= 4 is 40.6 Å². The van der Waals surface area contributed by atoms with Crippen LogP contribution in [0.1, 0.15) is 47.6 Å². The number of piperazine rings is 1. The molecule has 1 aromatic carbocycles. The van der Waals surface area contributed by atoms with Gasteiger partial charge in [0.15, 0.2) is 5.82 Å². The topological polar surface area (TPSA) is 138 Å². The Morgan fingerprint density at radius 1 is 1.11 bits per heavy atom. The first kappa shape index (κ1) is 24.6. The number of anilines is 3. The zero-order valence-electron chi connectivity index (χ0n) is 21.7. The van der Waals surface area contributed by atoms with E-state index in [2.05, 4.69) is 90.9 Å². The molecule has 11 heteroatoms. The molecule has 0 amide bonds. The Morgan fingerprint density at radius 3 is 2.65 bits per heavy atom. The lowest BCUT2D eigenvalue weighted by molar-refractivity contribution is 0.311. The van der Waals surface area contributed by atoms with Crippen molar-refractivity contribution in [2.75, 3.05) is 49.2 Å². The summed E-state index contributed by atoms with van der Waals surface area (Å²) in [7, 11) is 2.16. The Bertz CT molecular complexity index is 1410. The number of nitrogens with two attached hydrogens (primary N) is 1. The fourth-order valence-corrected chi connectivity index (χ4v) is 4.76. The Kier molecular flexibility index (Phi) is 6.95. The molecule has 192 valence electrons. The van der Waals surface area contributed by atoms with Crippen LogP contribution in [0.15, 0.2) is 24.3 Å². The number of hydrogen-bond acceptors (Lipinski definition) is 10. The molecule has 0 spiro atoms. The van der Waals surface area contributed by atoms with Crippen LogP contribution >= 0.6 is 0 Å². The maximum atomic E-state index is 6.07. The summed E-state index contributed by atoms with van der Waals surface area (Å²) in [6.45, 7) is 10.1. The van der Waals surface area contributed by atoms with Crippen molar-refractivity contribution in [3.63, 3.8) is 0 Å². The molecule has 4 aromatic rings. The average molecular weight is 500 g/mol. The molecule has 1 aliphatic rings. The summed E-state index contributed by atoms with van der Waals surface area (Å²) in [5, 5.41) is 18.9. The van der Waals surface area contributed by atoms with E-state index >= 15 is 0 Å². The summed E-state index contributed by atoms with van der Waals surface area (Å²) in [6.07, 6.45) is 4.49. The quantitative estimate of drug-likeness (QED) is 0.347. The van der Waals surface area contributed by atoms with Gasteiger partial charge in [-0.1, -0.05) is 25.1 Å². The van der Waals surface area contributed by atoms with Gasteiger partial charge in [-0.05, 0) is 56.3 Å². The van der Waals surface area contributed by atoms with Gasteiger partial charge in [-0.15, -0.1) is 10.2 Å². The first-order valence-electron chi connectivity index (χ1n) is 12.6. The third-order valence-corrected chi connectivity index (χ3v) is 6.87. The van der Waals surface area contributed by atoms with E-state index in [1.54, 1.807) is 6.08 Å². The first-order valence-corrected chi connectivity index (χ1v) is 12.6. The minimum Gasteiger partial charge on any atom is -0.368 e. The monoisotopic (exact) mass is 499 g/mol. The molecule has 4 N–H and O–H groups in total. The van der Waals surface area contributed by atoms with E-state index in [0.717, 1.165) is 66.1 Å². The van der Waals surface area contributed by atoms with E-state index in [1.165, 1.54) is 5.56 Å². The third kappa shape index (κ3) is 5.21. The summed E-state index contributed by atoms with van der Waals surface area (Å²) in [5.41, 5.74) is 11.0. The molecule has 4 heterocycles. The number of nitrogen functional groups attached to an aromatic ring is 1. The predicted octanol–water partition coefficient (Wildman–Crippen LogP) is 3.22. The maximum Gasteiger partial charge on any atom is 0.222 e. The van der Waals surface area contributed by atoms with Crippen LogP contribution in [-0.2, 0) is 0 Å². The van der Waals surface area contributed by atoms with Crippen molar-refractivity contribution in [2.24, 2.45) is 0 Å². The summed E-state index contributed by atoms with van der Waals surface area (Å²) >= 11 is 0. The van der Waals surface area contributed by atoms with E-state index in [1.807, 2.05) is 13.0 Å². The van der Waals surface area contributed by atoms with Gasteiger partial charge in [0.25, 0.3) is 0 Å². The highest BCUT2D eigenvalue weighted by atomic mass is 15.5. The lowest BCUT2D eigenvalue weighted by Gasteiger charge is -2.35. The zero-order valence-corrected chi connectivity index (χ0v) is 21.7. The third-order valence-electron chi connectivity index (χ3n) is 6.87. The summed E-state index contributed by atoms with van der Waals surface area (Å²) < 4.78 is 0. The van der Waals surface area contributed by atoms with Crippen LogP contribution in [0.25, 0.3) is 23.1 Å². The van der Waals surface area contributed by atoms with Gasteiger partial charge >= 0.3 is 0 Å². The van der Waals surface area contributed by atoms with Gasteiger partial charge in [-0.2, -0.15) is 10.2 Å². The molecule has 1 saturated heterocycles. The van der Waals surface area contributed by atoms with Gasteiger partial charge in [0.05, 0.1) is 17.3 Å². The van der Waals surface area contributed by atoms with E-state index in [-0.39, 0.29) is 12.0 Å². The van der Waals surface area contributed by atoms with Crippen LogP contribution in [0.2, 0.25) is 0 Å². The van der Waals surface area contributed by atoms with Crippen molar-refractivity contribution in [3.05, 3.63) is 52.5 Å². The molecular formula is C26H33N11. The number of nitrogens with zero attached hydrogens (tertiary/aromatic N) is 8. The molecule has 37 heavy (non-hydrogen) atoms. The van der Waals surface area contributed by atoms with Gasteiger partial charge in [0, 0.05) is 42.7 Å². The van der Waals surface area contributed by atoms with Crippen LogP contribution in [0.5, 0.6) is 0 Å². The molecule has 0 bridgehead atoms. The number of benzene rings is 1. The summed E-state index contributed by atoms with van der Waals surface area (Å²) in [5.74, 6) is 2.38. The Morgan fingerprint density at radius 2 is 1.92 bits per heavy atom. The second kappa shape index (κ2) is 10.5. The molecule has 5 rings (SSSR count). The number of aromatic nitrogens is 7. The second-order valence-corrected chi connectivity index (χ2v) is 9.48. The van der Waals surface area contributed by atoms with Gasteiger partial charge in [0.1, 0.15) is 11.6 Å². The normalized spacial score (nSPS) is 15.5. The lowest BCUT2D eigenvalue weighted by atomic mass is 10.00. The number of hydrogen-bond donors (Lipinski definition) is 3. The van der Waals surface area contributed by atoms with Crippen molar-refractivity contribution in [1.82, 2.24) is 40.5 Å². The van der Waals surface area contributed by atoms with Gasteiger partial charge in [-0.25, -0.2) is 9.97 Å². The van der Waals surface area contributed by atoms with Crippen LogP contribution < -0.4 is 16.0 Å². The van der Waals surface area contributed by atoms with E-state index in [9.17, 15) is 0 Å². The number of aromatic amines is 1. The van der Waals surface area contributed by atoms with Crippen LogP contribution in [0.4, 0.5) is 17.6 Å². The number of tetrazole rings is 1. The largest absolute Gasteiger partial charge is 0.368 e. The molecule has 1 fully saturated rings. The van der Waals surface area contributed by atoms with E-state index in [0.29, 0.717) is 11.6 Å². The summed E-state index contributed by atoms with van der Waals surface area (Å²) in [4.78, 5) is 18.9. The second-order valence-electron chi connectivity index (χ2n) is 9.48. The van der Waals surface area contributed by atoms with Crippen LogP contribution in [0, 0.1) is 13.8 Å². The zero-order chi connectivity index (χ0) is 25.9. The minimum atomic E-state index is -0.0434. The highest BCUT2D eigenvalue weighted by Crippen LogP contribution is 2.35. The fraction of sp³-hybridized carbons (Fsp3) is 0.385. The Hall–Kier alpha value is -4.12. The van der Waals surface area contributed by atoms with Crippen molar-refractivity contribution in [1.29, 1.82) is 0 Å². The summed E-state index contributed by atoms with van der Waals surface area (Å²) in [6, 6.07) is 8.56. The van der Waals surface area contributed by atoms with Gasteiger partial charge in [-0.3, -0.25) is 0 Å². The van der Waals surface area contributed by atoms with Gasteiger partial charge < -0.3 is 20.9 Å². The molecule has 1 unspecified atom stereocenters. The van der Waals surface area contributed by atoms with Crippen molar-refractivity contribution in [3.8, 4) is 0 Å². The smallest absolute Gasteiger partial charge is 0.222 e. The Labute approximate surface area is 216 Å². The standard InChI is InChI=1S/C26H33N11/c1-5-21(29-24-19(17(3)28-26(27)31-24)9-10-22-32-34-35-33-22)20-15-18-8-6-7-16(2)23(18)30-25(20)37-13-11-36(4)12-14-37/h6-10,15,21H,5,11-14H2,1-4H3,(H3,27,28,29,31)(H,32,33,34,35)/b10-9+.